The van der Waals surface area contributed by atoms with E-state index in [9.17, 15) is 19.8 Å². The quantitative estimate of drug-likeness (QED) is 0.592. The second-order valence-corrected chi connectivity index (χ2v) is 8.21. The molecule has 1 fully saturated rings. The summed E-state index contributed by atoms with van der Waals surface area (Å²) in [5.41, 5.74) is 2.25. The molecule has 1 atom stereocenters. The maximum absolute atomic E-state index is 13.3. The van der Waals surface area contributed by atoms with Crippen LogP contribution in [0.4, 0.5) is 0 Å². The van der Waals surface area contributed by atoms with Gasteiger partial charge in [0.15, 0.2) is 0 Å². The van der Waals surface area contributed by atoms with Crippen LogP contribution < -0.4 is 0 Å². The summed E-state index contributed by atoms with van der Waals surface area (Å²) in [6.45, 7) is 1.77. The second kappa shape index (κ2) is 7.56. The first-order chi connectivity index (χ1) is 13.9. The molecular weight excluding hydrogens is 390 g/mol. The molecule has 1 aliphatic carbocycles. The Morgan fingerprint density at radius 1 is 1.17 bits per heavy atom. The van der Waals surface area contributed by atoms with E-state index in [-0.39, 0.29) is 11.7 Å². The molecule has 0 spiro atoms. The molecule has 5 nitrogen and oxygen atoms in total. The van der Waals surface area contributed by atoms with Gasteiger partial charge in [-0.25, -0.2) is 0 Å². The third-order valence-electron chi connectivity index (χ3n) is 5.97. The average Bonchev–Trinajstić information content (AvgIpc) is 2.92. The minimum atomic E-state index is -0.902. The highest BCUT2D eigenvalue weighted by atomic mass is 35.5. The molecule has 1 heterocycles. The Bertz CT molecular complexity index is 1100. The van der Waals surface area contributed by atoms with E-state index in [2.05, 4.69) is 0 Å². The van der Waals surface area contributed by atoms with E-state index in [1.807, 2.05) is 0 Å². The number of phenols is 1. The SMILES string of the molecule is Cc1c([C@@H](CC2CCC2)C(=O)O)c2cc(O)ccc2n1C(=O)c1ccc(Cl)cc1. The lowest BCUT2D eigenvalue weighted by atomic mass is 9.77. The first kappa shape index (κ1) is 19.5. The van der Waals surface area contributed by atoms with Crippen molar-refractivity contribution in [2.24, 2.45) is 5.92 Å². The number of fused-ring (bicyclic) bond motifs is 1. The summed E-state index contributed by atoms with van der Waals surface area (Å²) >= 11 is 5.94. The van der Waals surface area contributed by atoms with E-state index in [4.69, 9.17) is 11.6 Å². The molecule has 2 N–H and O–H groups in total. The fraction of sp³-hybridized carbons (Fsp3) is 0.304. The Morgan fingerprint density at radius 2 is 1.86 bits per heavy atom. The monoisotopic (exact) mass is 411 g/mol. The predicted molar refractivity (Wildman–Crippen MR) is 112 cm³/mol. The Morgan fingerprint density at radius 3 is 2.45 bits per heavy atom. The van der Waals surface area contributed by atoms with Crippen LogP contribution in [0.5, 0.6) is 5.75 Å². The number of carbonyl (C=O) groups excluding carboxylic acids is 1. The van der Waals surface area contributed by atoms with Gasteiger partial charge < -0.3 is 10.2 Å². The van der Waals surface area contributed by atoms with Crippen LogP contribution in [-0.4, -0.2) is 26.7 Å². The molecule has 0 saturated heterocycles. The summed E-state index contributed by atoms with van der Waals surface area (Å²) in [7, 11) is 0. The van der Waals surface area contributed by atoms with Crippen molar-refractivity contribution in [1.82, 2.24) is 4.57 Å². The lowest BCUT2D eigenvalue weighted by Crippen LogP contribution is -2.21. The van der Waals surface area contributed by atoms with E-state index < -0.39 is 11.9 Å². The Kier molecular flexibility index (Phi) is 5.09. The number of carboxylic acids is 1. The van der Waals surface area contributed by atoms with Crippen LogP contribution in [0.2, 0.25) is 5.02 Å². The van der Waals surface area contributed by atoms with Gasteiger partial charge in [0.2, 0.25) is 0 Å². The molecule has 29 heavy (non-hydrogen) atoms. The zero-order valence-electron chi connectivity index (χ0n) is 16.1. The van der Waals surface area contributed by atoms with Gasteiger partial charge in [-0.05, 0) is 67.3 Å². The number of rotatable bonds is 5. The number of aromatic nitrogens is 1. The van der Waals surface area contributed by atoms with Gasteiger partial charge in [-0.1, -0.05) is 30.9 Å². The Labute approximate surface area is 173 Å². The third-order valence-corrected chi connectivity index (χ3v) is 6.22. The van der Waals surface area contributed by atoms with Gasteiger partial charge in [0.1, 0.15) is 5.75 Å². The number of aliphatic carboxylic acids is 1. The van der Waals surface area contributed by atoms with Crippen LogP contribution in [0.15, 0.2) is 42.5 Å². The number of carboxylic acid groups (broad SMARTS) is 1. The molecule has 3 aromatic rings. The summed E-state index contributed by atoms with van der Waals surface area (Å²) in [6, 6.07) is 11.3. The first-order valence-corrected chi connectivity index (χ1v) is 10.1. The zero-order valence-corrected chi connectivity index (χ0v) is 16.8. The molecule has 150 valence electrons. The third kappa shape index (κ3) is 3.51. The number of hydrogen-bond acceptors (Lipinski definition) is 3. The van der Waals surface area contributed by atoms with Crippen molar-refractivity contribution in [3.63, 3.8) is 0 Å². The van der Waals surface area contributed by atoms with Gasteiger partial charge in [0.05, 0.1) is 11.4 Å². The molecular formula is C23H22ClNO4. The number of halogens is 1. The highest BCUT2D eigenvalue weighted by Crippen LogP contribution is 2.41. The van der Waals surface area contributed by atoms with E-state index in [1.165, 1.54) is 6.07 Å². The number of carbonyl (C=O) groups is 2. The van der Waals surface area contributed by atoms with Crippen LogP contribution in [0.1, 0.15) is 53.2 Å². The molecule has 1 aromatic heterocycles. The van der Waals surface area contributed by atoms with Crippen molar-refractivity contribution in [3.05, 3.63) is 64.3 Å². The van der Waals surface area contributed by atoms with Gasteiger partial charge in [-0.2, -0.15) is 0 Å². The first-order valence-electron chi connectivity index (χ1n) is 9.74. The largest absolute Gasteiger partial charge is 0.508 e. The fourth-order valence-electron chi connectivity index (χ4n) is 4.26. The molecule has 0 radical (unpaired) electrons. The number of phenolic OH excluding ortho intramolecular Hbond substituents is 1. The van der Waals surface area contributed by atoms with E-state index in [0.29, 0.717) is 45.1 Å². The summed E-state index contributed by atoms with van der Waals surface area (Å²) < 4.78 is 1.55. The summed E-state index contributed by atoms with van der Waals surface area (Å²) in [5, 5.41) is 21.2. The van der Waals surface area contributed by atoms with Gasteiger partial charge in [0.25, 0.3) is 5.91 Å². The standard InChI is InChI=1S/C23H22ClNO4/c1-13-21(19(23(28)29)11-14-3-2-4-14)18-12-17(26)9-10-20(18)25(13)22(27)15-5-7-16(24)8-6-15/h5-10,12,14,19,26H,2-4,11H2,1H3,(H,28,29)/t19-/m1/s1. The smallest absolute Gasteiger partial charge is 0.311 e. The predicted octanol–water partition coefficient (Wildman–Crippen LogP) is 5.36. The molecule has 4 rings (SSSR count). The van der Waals surface area contributed by atoms with Crippen molar-refractivity contribution in [3.8, 4) is 5.75 Å². The minimum Gasteiger partial charge on any atom is -0.508 e. The van der Waals surface area contributed by atoms with E-state index >= 15 is 0 Å². The molecule has 6 heteroatoms. The number of hydrogen-bond donors (Lipinski definition) is 2. The second-order valence-electron chi connectivity index (χ2n) is 7.77. The highest BCUT2D eigenvalue weighted by Gasteiger charge is 2.33. The van der Waals surface area contributed by atoms with Gasteiger partial charge in [-0.15, -0.1) is 0 Å². The van der Waals surface area contributed by atoms with Crippen molar-refractivity contribution in [2.75, 3.05) is 0 Å². The number of aromatic hydroxyl groups is 1. The summed E-state index contributed by atoms with van der Waals surface area (Å²) in [6.07, 6.45) is 3.75. The summed E-state index contributed by atoms with van der Waals surface area (Å²) in [4.78, 5) is 25.5. The average molecular weight is 412 g/mol. The minimum absolute atomic E-state index is 0.0441. The Hall–Kier alpha value is -2.79. The van der Waals surface area contributed by atoms with Crippen molar-refractivity contribution in [1.29, 1.82) is 0 Å². The van der Waals surface area contributed by atoms with Crippen LogP contribution in [0.25, 0.3) is 10.9 Å². The fourth-order valence-corrected chi connectivity index (χ4v) is 4.38. The van der Waals surface area contributed by atoms with Crippen LogP contribution in [0, 0.1) is 12.8 Å². The molecule has 1 saturated carbocycles. The molecule has 1 aliphatic rings. The molecule has 0 amide bonds. The maximum atomic E-state index is 13.3. The van der Waals surface area contributed by atoms with Crippen LogP contribution >= 0.6 is 11.6 Å². The summed E-state index contributed by atoms with van der Waals surface area (Å²) in [5.74, 6) is -1.44. The van der Waals surface area contributed by atoms with E-state index in [1.54, 1.807) is 47.9 Å². The van der Waals surface area contributed by atoms with Crippen LogP contribution in [-0.2, 0) is 4.79 Å². The molecule has 0 bridgehead atoms. The lowest BCUT2D eigenvalue weighted by molar-refractivity contribution is -0.139. The normalized spacial score (nSPS) is 15.2. The van der Waals surface area contributed by atoms with E-state index in [0.717, 1.165) is 19.3 Å². The van der Waals surface area contributed by atoms with Crippen LogP contribution in [0.3, 0.4) is 0 Å². The van der Waals surface area contributed by atoms with Crippen molar-refractivity contribution < 1.29 is 19.8 Å². The molecule has 2 aromatic carbocycles. The van der Waals surface area contributed by atoms with Gasteiger partial charge >= 0.3 is 5.97 Å². The Balaban J connectivity index is 1.89. The van der Waals surface area contributed by atoms with Crippen molar-refractivity contribution in [2.45, 2.75) is 38.5 Å². The highest BCUT2D eigenvalue weighted by molar-refractivity contribution is 6.30. The number of benzene rings is 2. The molecule has 0 aliphatic heterocycles. The van der Waals surface area contributed by atoms with Gasteiger partial charge in [-0.3, -0.25) is 14.2 Å². The topological polar surface area (TPSA) is 79.5 Å². The molecule has 0 unspecified atom stereocenters. The lowest BCUT2D eigenvalue weighted by Gasteiger charge is -2.28. The number of nitrogens with zero attached hydrogens (tertiary/aromatic N) is 1. The maximum Gasteiger partial charge on any atom is 0.311 e. The zero-order chi connectivity index (χ0) is 20.7. The van der Waals surface area contributed by atoms with Gasteiger partial charge in [0, 0.05) is 21.7 Å². The van der Waals surface area contributed by atoms with Crippen molar-refractivity contribution >= 4 is 34.4 Å².